The van der Waals surface area contributed by atoms with Crippen LogP contribution in [0.2, 0.25) is 0 Å². The Labute approximate surface area is 116 Å². The summed E-state index contributed by atoms with van der Waals surface area (Å²) in [5, 5.41) is 10.5. The molecule has 3 nitrogen and oxygen atoms in total. The molecule has 1 aromatic rings. The van der Waals surface area contributed by atoms with E-state index in [1.165, 1.54) is 25.7 Å². The zero-order valence-electron chi connectivity index (χ0n) is 11.8. The number of likely N-dealkylation sites (tertiary alicyclic amines) is 1. The highest BCUT2D eigenvalue weighted by atomic mass is 16.5. The van der Waals surface area contributed by atoms with Crippen molar-refractivity contribution in [3.8, 4) is 5.75 Å². The van der Waals surface area contributed by atoms with Gasteiger partial charge in [-0.3, -0.25) is 0 Å². The fraction of sp³-hybridized carbons (Fsp3) is 0.625. The zero-order valence-corrected chi connectivity index (χ0v) is 11.8. The Balaban J connectivity index is 2.00. The fourth-order valence-corrected chi connectivity index (χ4v) is 2.70. The Bertz CT molecular complexity index is 373. The van der Waals surface area contributed by atoms with Crippen LogP contribution < -0.4 is 4.74 Å². The van der Waals surface area contributed by atoms with Crippen LogP contribution in [0.1, 0.15) is 44.3 Å². The molecule has 1 aliphatic heterocycles. The molecule has 1 atom stereocenters. The van der Waals surface area contributed by atoms with Crippen LogP contribution in [0.15, 0.2) is 24.3 Å². The lowest BCUT2D eigenvalue weighted by Gasteiger charge is -2.24. The van der Waals surface area contributed by atoms with Gasteiger partial charge in [0, 0.05) is 12.1 Å². The molecule has 1 N–H and O–H groups in total. The molecule has 0 bridgehead atoms. The van der Waals surface area contributed by atoms with Gasteiger partial charge in [-0.15, -0.1) is 0 Å². The van der Waals surface area contributed by atoms with Crippen LogP contribution >= 0.6 is 0 Å². The second-order valence-corrected chi connectivity index (χ2v) is 5.20. The van der Waals surface area contributed by atoms with Crippen LogP contribution in [0.5, 0.6) is 5.75 Å². The smallest absolute Gasteiger partial charge is 0.125 e. The number of aliphatic hydroxyl groups is 1. The predicted octanol–water partition coefficient (Wildman–Crippen LogP) is 2.99. The van der Waals surface area contributed by atoms with Crippen molar-refractivity contribution in [1.82, 2.24) is 4.90 Å². The summed E-state index contributed by atoms with van der Waals surface area (Å²) in [4.78, 5) is 2.38. The van der Waals surface area contributed by atoms with Gasteiger partial charge in [0.05, 0.1) is 12.7 Å². The molecule has 1 aliphatic rings. The molecule has 1 unspecified atom stereocenters. The fourth-order valence-electron chi connectivity index (χ4n) is 2.70. The molecule has 1 saturated heterocycles. The Morgan fingerprint density at radius 1 is 1.16 bits per heavy atom. The van der Waals surface area contributed by atoms with Gasteiger partial charge in [-0.1, -0.05) is 31.0 Å². The molecular formula is C16H25NO2. The van der Waals surface area contributed by atoms with E-state index >= 15 is 0 Å². The van der Waals surface area contributed by atoms with Gasteiger partial charge >= 0.3 is 0 Å². The lowest BCUT2D eigenvalue weighted by molar-refractivity contribution is 0.112. The van der Waals surface area contributed by atoms with Gasteiger partial charge in [-0.05, 0) is 38.9 Å². The normalized spacial score (nSPS) is 18.8. The van der Waals surface area contributed by atoms with Crippen molar-refractivity contribution >= 4 is 0 Å². The Hall–Kier alpha value is -1.06. The molecule has 1 aromatic carbocycles. The molecule has 106 valence electrons. The second-order valence-electron chi connectivity index (χ2n) is 5.20. The van der Waals surface area contributed by atoms with Gasteiger partial charge in [0.25, 0.3) is 0 Å². The number of hydrogen-bond donors (Lipinski definition) is 1. The highest BCUT2D eigenvalue weighted by Gasteiger charge is 2.17. The molecule has 0 radical (unpaired) electrons. The highest BCUT2D eigenvalue weighted by molar-refractivity contribution is 5.35. The first-order valence-electron chi connectivity index (χ1n) is 7.43. The molecule has 0 saturated carbocycles. The lowest BCUT2D eigenvalue weighted by atomic mass is 10.1. The van der Waals surface area contributed by atoms with Crippen molar-refractivity contribution in [2.45, 2.75) is 38.7 Å². The summed E-state index contributed by atoms with van der Waals surface area (Å²) in [6, 6.07) is 7.81. The maximum absolute atomic E-state index is 10.5. The summed E-state index contributed by atoms with van der Waals surface area (Å²) in [5.41, 5.74) is 0.911. The highest BCUT2D eigenvalue weighted by Crippen LogP contribution is 2.26. The lowest BCUT2D eigenvalue weighted by Crippen LogP contribution is -2.29. The average Bonchev–Trinajstić information content (AvgIpc) is 2.68. The standard InChI is InChI=1S/C16H25NO2/c1-2-19-16-10-6-5-9-14(16)15(18)13-17-11-7-3-4-8-12-17/h5-6,9-10,15,18H,2-4,7-8,11-13H2,1H3. The van der Waals surface area contributed by atoms with E-state index in [1.54, 1.807) is 0 Å². The quantitative estimate of drug-likeness (QED) is 0.886. The zero-order chi connectivity index (χ0) is 13.5. The minimum Gasteiger partial charge on any atom is -0.493 e. The molecule has 2 rings (SSSR count). The van der Waals surface area contributed by atoms with Crippen LogP contribution in [0.3, 0.4) is 0 Å². The van der Waals surface area contributed by atoms with Gasteiger partial charge in [0.2, 0.25) is 0 Å². The van der Waals surface area contributed by atoms with Gasteiger partial charge in [-0.25, -0.2) is 0 Å². The molecule has 19 heavy (non-hydrogen) atoms. The van der Waals surface area contributed by atoms with E-state index in [1.807, 2.05) is 31.2 Å². The number of nitrogens with zero attached hydrogens (tertiary/aromatic N) is 1. The van der Waals surface area contributed by atoms with Crippen molar-refractivity contribution in [1.29, 1.82) is 0 Å². The Morgan fingerprint density at radius 3 is 2.53 bits per heavy atom. The largest absolute Gasteiger partial charge is 0.493 e. The first-order valence-corrected chi connectivity index (χ1v) is 7.43. The minimum atomic E-state index is -0.458. The first-order chi connectivity index (χ1) is 9.31. The maximum Gasteiger partial charge on any atom is 0.125 e. The molecule has 0 amide bonds. The summed E-state index contributed by atoms with van der Waals surface area (Å²) in [6.45, 7) is 5.53. The van der Waals surface area contributed by atoms with Crippen LogP contribution in [0, 0.1) is 0 Å². The molecule has 0 spiro atoms. The Morgan fingerprint density at radius 2 is 1.84 bits per heavy atom. The predicted molar refractivity (Wildman–Crippen MR) is 77.5 cm³/mol. The maximum atomic E-state index is 10.5. The third-order valence-electron chi connectivity index (χ3n) is 3.71. The average molecular weight is 263 g/mol. The minimum absolute atomic E-state index is 0.458. The van der Waals surface area contributed by atoms with Crippen molar-refractivity contribution < 1.29 is 9.84 Å². The van der Waals surface area contributed by atoms with Crippen molar-refractivity contribution in [3.63, 3.8) is 0 Å². The summed E-state index contributed by atoms with van der Waals surface area (Å²) >= 11 is 0. The van der Waals surface area contributed by atoms with Gasteiger partial charge in [-0.2, -0.15) is 0 Å². The molecule has 1 heterocycles. The molecule has 1 fully saturated rings. The number of ether oxygens (including phenoxy) is 1. The molecule has 3 heteroatoms. The van der Waals surface area contributed by atoms with Crippen LogP contribution in [-0.2, 0) is 0 Å². The SMILES string of the molecule is CCOc1ccccc1C(O)CN1CCCCCC1. The van der Waals surface area contributed by atoms with Gasteiger partial charge in [0.1, 0.15) is 5.75 Å². The number of β-amino-alcohol motifs (C(OH)–C–C–N with tert-alkyl or cyclic N) is 1. The summed E-state index contributed by atoms with van der Waals surface area (Å²) in [6.07, 6.45) is 4.69. The molecular weight excluding hydrogens is 238 g/mol. The van der Waals surface area contributed by atoms with Crippen LogP contribution in [-0.4, -0.2) is 36.2 Å². The molecule has 0 aromatic heterocycles. The van der Waals surface area contributed by atoms with E-state index in [-0.39, 0.29) is 0 Å². The number of aliphatic hydroxyl groups excluding tert-OH is 1. The third kappa shape index (κ3) is 4.22. The van der Waals surface area contributed by atoms with Crippen molar-refractivity contribution in [3.05, 3.63) is 29.8 Å². The van der Waals surface area contributed by atoms with E-state index in [4.69, 9.17) is 4.74 Å². The molecule has 0 aliphatic carbocycles. The summed E-state index contributed by atoms with van der Waals surface area (Å²) in [5.74, 6) is 0.812. The van der Waals surface area contributed by atoms with Crippen LogP contribution in [0.4, 0.5) is 0 Å². The monoisotopic (exact) mass is 263 g/mol. The summed E-state index contributed by atoms with van der Waals surface area (Å²) < 4.78 is 5.59. The van der Waals surface area contributed by atoms with E-state index in [0.29, 0.717) is 13.2 Å². The van der Waals surface area contributed by atoms with Crippen molar-refractivity contribution in [2.75, 3.05) is 26.2 Å². The topological polar surface area (TPSA) is 32.7 Å². The number of hydrogen-bond acceptors (Lipinski definition) is 3. The van der Waals surface area contributed by atoms with E-state index < -0.39 is 6.10 Å². The first kappa shape index (κ1) is 14.4. The van der Waals surface area contributed by atoms with Crippen molar-refractivity contribution in [2.24, 2.45) is 0 Å². The summed E-state index contributed by atoms with van der Waals surface area (Å²) in [7, 11) is 0. The van der Waals surface area contributed by atoms with Gasteiger partial charge in [0.15, 0.2) is 0 Å². The van der Waals surface area contributed by atoms with E-state index in [2.05, 4.69) is 4.90 Å². The van der Waals surface area contributed by atoms with E-state index in [9.17, 15) is 5.11 Å². The van der Waals surface area contributed by atoms with E-state index in [0.717, 1.165) is 24.4 Å². The number of para-hydroxylation sites is 1. The van der Waals surface area contributed by atoms with Gasteiger partial charge < -0.3 is 14.7 Å². The Kier molecular flexibility index (Phi) is 5.67. The number of rotatable bonds is 5. The second kappa shape index (κ2) is 7.51. The number of benzene rings is 1. The third-order valence-corrected chi connectivity index (χ3v) is 3.71. The van der Waals surface area contributed by atoms with Crippen LogP contribution in [0.25, 0.3) is 0 Å².